The van der Waals surface area contributed by atoms with E-state index in [2.05, 4.69) is 10.9 Å². The topological polar surface area (TPSA) is 93.7 Å². The van der Waals surface area contributed by atoms with Crippen LogP contribution in [0.15, 0.2) is 48.5 Å². The minimum Gasteiger partial charge on any atom is -0.493 e. The number of carbonyl (C=O) groups excluding carboxylic acids is 3. The summed E-state index contributed by atoms with van der Waals surface area (Å²) in [5.74, 6) is -1.50. The van der Waals surface area contributed by atoms with Crippen molar-refractivity contribution in [2.24, 2.45) is 5.92 Å². The quantitative estimate of drug-likeness (QED) is 0.561. The number of carbonyl (C=O) groups is 3. The molecule has 0 aliphatic carbocycles. The smallest absolute Gasteiger partial charge is 0.338 e. The predicted octanol–water partition coefficient (Wildman–Crippen LogP) is 2.48. The number of esters is 1. The number of hydrogen-bond acceptors (Lipinski definition) is 5. The molecule has 0 spiro atoms. The van der Waals surface area contributed by atoms with Crippen molar-refractivity contribution in [1.29, 1.82) is 0 Å². The van der Waals surface area contributed by atoms with Gasteiger partial charge in [-0.15, -0.1) is 0 Å². The maximum absolute atomic E-state index is 12.8. The minimum absolute atomic E-state index is 0.165. The lowest BCUT2D eigenvalue weighted by Crippen LogP contribution is -2.43. The molecule has 0 unspecified atom stereocenters. The van der Waals surface area contributed by atoms with Gasteiger partial charge >= 0.3 is 5.97 Å². The summed E-state index contributed by atoms with van der Waals surface area (Å²) in [6.07, 6.45) is 0. The van der Waals surface area contributed by atoms with Crippen LogP contribution in [0.2, 0.25) is 0 Å². The highest BCUT2D eigenvalue weighted by Gasteiger charge is 2.12. The van der Waals surface area contributed by atoms with Gasteiger partial charge in [0.1, 0.15) is 11.6 Å². The van der Waals surface area contributed by atoms with E-state index < -0.39 is 30.2 Å². The second kappa shape index (κ2) is 10.1. The van der Waals surface area contributed by atoms with Crippen molar-refractivity contribution in [3.8, 4) is 5.75 Å². The molecule has 0 saturated heterocycles. The van der Waals surface area contributed by atoms with Gasteiger partial charge in [-0.1, -0.05) is 13.8 Å². The predicted molar refractivity (Wildman–Crippen MR) is 99.1 cm³/mol. The van der Waals surface area contributed by atoms with Crippen LogP contribution in [0.5, 0.6) is 5.75 Å². The molecular weight excluding hydrogens is 367 g/mol. The van der Waals surface area contributed by atoms with Crippen molar-refractivity contribution in [2.75, 3.05) is 13.2 Å². The summed E-state index contributed by atoms with van der Waals surface area (Å²) in [6, 6.07) is 11.1. The number of benzene rings is 2. The molecule has 2 aromatic carbocycles. The summed E-state index contributed by atoms with van der Waals surface area (Å²) in [5.41, 5.74) is 4.68. The molecule has 148 valence electrons. The molecule has 7 nitrogen and oxygen atoms in total. The van der Waals surface area contributed by atoms with E-state index in [0.717, 1.165) is 12.1 Å². The van der Waals surface area contributed by atoms with Crippen LogP contribution in [-0.2, 0) is 9.53 Å². The van der Waals surface area contributed by atoms with E-state index in [-0.39, 0.29) is 11.1 Å². The van der Waals surface area contributed by atoms with Crippen molar-refractivity contribution in [1.82, 2.24) is 10.9 Å². The van der Waals surface area contributed by atoms with E-state index in [4.69, 9.17) is 9.47 Å². The van der Waals surface area contributed by atoms with Gasteiger partial charge in [0.2, 0.25) is 0 Å². The molecule has 0 saturated carbocycles. The Kier molecular flexibility index (Phi) is 7.50. The van der Waals surface area contributed by atoms with Crippen LogP contribution >= 0.6 is 0 Å². The molecule has 0 bridgehead atoms. The molecule has 2 N–H and O–H groups in total. The summed E-state index contributed by atoms with van der Waals surface area (Å²) >= 11 is 0. The van der Waals surface area contributed by atoms with Gasteiger partial charge in [-0.05, 0) is 54.4 Å². The lowest BCUT2D eigenvalue weighted by Gasteiger charge is -2.10. The zero-order chi connectivity index (χ0) is 20.5. The van der Waals surface area contributed by atoms with Crippen LogP contribution in [0, 0.1) is 11.7 Å². The molecule has 2 rings (SSSR count). The lowest BCUT2D eigenvalue weighted by molar-refractivity contribution is -0.125. The van der Waals surface area contributed by atoms with Crippen LogP contribution in [0.25, 0.3) is 0 Å². The van der Waals surface area contributed by atoms with Crippen LogP contribution < -0.4 is 15.6 Å². The molecule has 28 heavy (non-hydrogen) atoms. The van der Waals surface area contributed by atoms with E-state index in [9.17, 15) is 18.8 Å². The molecule has 0 aliphatic rings. The average molecular weight is 388 g/mol. The van der Waals surface area contributed by atoms with Crippen molar-refractivity contribution < 1.29 is 28.2 Å². The van der Waals surface area contributed by atoms with Gasteiger partial charge in [0, 0.05) is 5.56 Å². The number of hydrazine groups is 1. The van der Waals surface area contributed by atoms with Gasteiger partial charge in [-0.2, -0.15) is 0 Å². The van der Waals surface area contributed by atoms with E-state index >= 15 is 0 Å². The first-order valence-electron chi connectivity index (χ1n) is 8.60. The third-order valence-electron chi connectivity index (χ3n) is 3.43. The minimum atomic E-state index is -0.722. The second-order valence-electron chi connectivity index (χ2n) is 6.31. The van der Waals surface area contributed by atoms with Crippen molar-refractivity contribution in [3.05, 3.63) is 65.5 Å². The Morgan fingerprint density at radius 1 is 0.929 bits per heavy atom. The number of rotatable bonds is 7. The molecule has 2 amide bonds. The molecule has 0 radical (unpaired) electrons. The lowest BCUT2D eigenvalue weighted by atomic mass is 10.2. The number of hydrogen-bond donors (Lipinski definition) is 2. The fourth-order valence-electron chi connectivity index (χ4n) is 2.00. The molecule has 0 aromatic heterocycles. The first-order valence-corrected chi connectivity index (χ1v) is 8.60. The fourth-order valence-corrected chi connectivity index (χ4v) is 2.00. The summed E-state index contributed by atoms with van der Waals surface area (Å²) in [6.45, 7) is 4.04. The maximum atomic E-state index is 12.8. The first-order chi connectivity index (χ1) is 13.3. The van der Waals surface area contributed by atoms with E-state index in [1.807, 2.05) is 13.8 Å². The highest BCUT2D eigenvalue weighted by molar-refractivity contribution is 5.96. The molecular formula is C20H21FN2O5. The number of amides is 2. The van der Waals surface area contributed by atoms with E-state index in [0.29, 0.717) is 18.3 Å². The van der Waals surface area contributed by atoms with Crippen LogP contribution in [0.4, 0.5) is 4.39 Å². The summed E-state index contributed by atoms with van der Waals surface area (Å²) in [5, 5.41) is 0. The fraction of sp³-hybridized carbons (Fsp3) is 0.250. The Hall–Kier alpha value is -3.42. The van der Waals surface area contributed by atoms with Gasteiger partial charge in [-0.3, -0.25) is 20.4 Å². The Morgan fingerprint density at radius 3 is 2.14 bits per heavy atom. The normalized spacial score (nSPS) is 10.3. The van der Waals surface area contributed by atoms with E-state index in [1.165, 1.54) is 24.3 Å². The van der Waals surface area contributed by atoms with Crippen LogP contribution in [0.3, 0.4) is 0 Å². The molecule has 0 aliphatic heterocycles. The van der Waals surface area contributed by atoms with Crippen LogP contribution in [0.1, 0.15) is 34.6 Å². The zero-order valence-electron chi connectivity index (χ0n) is 15.5. The second-order valence-corrected chi connectivity index (χ2v) is 6.31. The molecule has 0 atom stereocenters. The SMILES string of the molecule is CC(C)COc1ccc(C(=O)OCC(=O)NNC(=O)c2ccc(F)cc2)cc1. The highest BCUT2D eigenvalue weighted by atomic mass is 19.1. The van der Waals surface area contributed by atoms with Gasteiger partial charge in [-0.25, -0.2) is 9.18 Å². The summed E-state index contributed by atoms with van der Waals surface area (Å²) in [7, 11) is 0. The standard InChI is InChI=1S/C20H21FN2O5/c1-13(2)11-27-17-9-5-15(6-10-17)20(26)28-12-18(24)22-23-19(25)14-3-7-16(21)8-4-14/h3-10,13H,11-12H2,1-2H3,(H,22,24)(H,23,25). The summed E-state index contributed by atoms with van der Waals surface area (Å²) < 4.78 is 23.2. The number of nitrogens with one attached hydrogen (secondary N) is 2. The summed E-state index contributed by atoms with van der Waals surface area (Å²) in [4.78, 5) is 35.4. The Labute approximate surface area is 161 Å². The highest BCUT2D eigenvalue weighted by Crippen LogP contribution is 2.14. The monoisotopic (exact) mass is 388 g/mol. The molecule has 0 heterocycles. The average Bonchev–Trinajstić information content (AvgIpc) is 2.69. The zero-order valence-corrected chi connectivity index (χ0v) is 15.5. The third-order valence-corrected chi connectivity index (χ3v) is 3.43. The van der Waals surface area contributed by atoms with Gasteiger partial charge in [0.05, 0.1) is 12.2 Å². The molecule has 0 fully saturated rings. The van der Waals surface area contributed by atoms with Gasteiger partial charge < -0.3 is 9.47 Å². The largest absolute Gasteiger partial charge is 0.493 e. The van der Waals surface area contributed by atoms with E-state index in [1.54, 1.807) is 12.1 Å². The Morgan fingerprint density at radius 2 is 1.54 bits per heavy atom. The first kappa shape index (κ1) is 20.9. The molecule has 8 heteroatoms. The number of halogens is 1. The third kappa shape index (κ3) is 6.71. The van der Waals surface area contributed by atoms with Crippen molar-refractivity contribution >= 4 is 17.8 Å². The maximum Gasteiger partial charge on any atom is 0.338 e. The van der Waals surface area contributed by atoms with Crippen molar-refractivity contribution in [2.45, 2.75) is 13.8 Å². The van der Waals surface area contributed by atoms with Gasteiger partial charge in [0.15, 0.2) is 6.61 Å². The van der Waals surface area contributed by atoms with Crippen LogP contribution in [-0.4, -0.2) is 31.0 Å². The Bertz CT molecular complexity index is 819. The van der Waals surface area contributed by atoms with Gasteiger partial charge in [0.25, 0.3) is 11.8 Å². The number of ether oxygens (including phenoxy) is 2. The van der Waals surface area contributed by atoms with Crippen molar-refractivity contribution in [3.63, 3.8) is 0 Å². The molecule has 2 aromatic rings. The Balaban J connectivity index is 1.75.